The molecular weight excluding hydrogens is 203 g/mol. The van der Waals surface area contributed by atoms with Crippen LogP contribution >= 0.6 is 0 Å². The maximum atomic E-state index is 13.3. The van der Waals surface area contributed by atoms with E-state index in [0.29, 0.717) is 0 Å². The van der Waals surface area contributed by atoms with Crippen molar-refractivity contribution in [2.45, 2.75) is 13.0 Å². The number of nitrogens with one attached hydrogen (secondary N) is 1. The molecule has 0 fully saturated rings. The molecule has 7 heteroatoms. The molecule has 0 saturated carbocycles. The van der Waals surface area contributed by atoms with Gasteiger partial charge in [-0.3, -0.25) is 4.79 Å². The number of anilines is 1. The van der Waals surface area contributed by atoms with Crippen LogP contribution in [0.4, 0.5) is 10.2 Å². The Morgan fingerprint density at radius 3 is 3.00 bits per heavy atom. The van der Waals surface area contributed by atoms with Gasteiger partial charge in [-0.05, 0) is 6.92 Å². The van der Waals surface area contributed by atoms with Crippen molar-refractivity contribution < 1.29 is 14.3 Å². The van der Waals surface area contributed by atoms with E-state index in [9.17, 15) is 9.18 Å². The van der Waals surface area contributed by atoms with Gasteiger partial charge in [0, 0.05) is 0 Å². The number of rotatable bonds is 4. The first-order valence-electron chi connectivity index (χ1n) is 4.20. The van der Waals surface area contributed by atoms with Crippen LogP contribution in [-0.4, -0.2) is 33.6 Å². The molecule has 0 aliphatic carbocycles. The third-order valence-corrected chi connectivity index (χ3v) is 1.76. The van der Waals surface area contributed by atoms with Crippen molar-refractivity contribution in [1.82, 2.24) is 9.97 Å². The van der Waals surface area contributed by atoms with Crippen LogP contribution in [0, 0.1) is 12.7 Å². The highest BCUT2D eigenvalue weighted by Gasteiger charge is 2.13. The van der Waals surface area contributed by atoms with Gasteiger partial charge in [-0.2, -0.15) is 0 Å². The number of amides is 1. The second kappa shape index (κ2) is 4.65. The average molecular weight is 214 g/mol. The quantitative estimate of drug-likeness (QED) is 0.608. The Hall–Kier alpha value is -1.76. The molecule has 0 radical (unpaired) electrons. The van der Waals surface area contributed by atoms with Crippen molar-refractivity contribution in [1.29, 1.82) is 0 Å². The molecular formula is C8H11FN4O2. The van der Waals surface area contributed by atoms with E-state index < -0.39 is 17.8 Å². The minimum Gasteiger partial charge on any atom is -0.381 e. The van der Waals surface area contributed by atoms with E-state index in [4.69, 9.17) is 10.8 Å². The van der Waals surface area contributed by atoms with Gasteiger partial charge >= 0.3 is 0 Å². The van der Waals surface area contributed by atoms with Gasteiger partial charge in [0.15, 0.2) is 11.6 Å². The van der Waals surface area contributed by atoms with Crippen molar-refractivity contribution >= 4 is 11.7 Å². The van der Waals surface area contributed by atoms with Crippen LogP contribution in [0.1, 0.15) is 5.69 Å². The summed E-state index contributed by atoms with van der Waals surface area (Å²) >= 11 is 0. The fourth-order valence-corrected chi connectivity index (χ4v) is 0.875. The Bertz CT molecular complexity index is 372. The molecule has 0 spiro atoms. The summed E-state index contributed by atoms with van der Waals surface area (Å²) in [5.41, 5.74) is 4.99. The van der Waals surface area contributed by atoms with Crippen LogP contribution in [0.25, 0.3) is 0 Å². The predicted molar refractivity (Wildman–Crippen MR) is 50.4 cm³/mol. The van der Waals surface area contributed by atoms with Gasteiger partial charge in [0.25, 0.3) is 0 Å². The maximum Gasteiger partial charge on any atom is 0.248 e. The summed E-state index contributed by atoms with van der Waals surface area (Å²) in [5.74, 6) is -1.56. The lowest BCUT2D eigenvalue weighted by atomic mass is 10.3. The number of aryl methyl sites for hydroxylation is 1. The first kappa shape index (κ1) is 11.3. The third kappa shape index (κ3) is 2.84. The molecule has 6 nitrogen and oxygen atoms in total. The smallest absolute Gasteiger partial charge is 0.248 e. The van der Waals surface area contributed by atoms with E-state index in [-0.39, 0.29) is 18.1 Å². The Morgan fingerprint density at radius 1 is 1.73 bits per heavy atom. The Kier molecular flexibility index (Phi) is 3.51. The number of carbonyl (C=O) groups excluding carboxylic acids is 1. The van der Waals surface area contributed by atoms with Crippen LogP contribution in [0.15, 0.2) is 6.33 Å². The van der Waals surface area contributed by atoms with Gasteiger partial charge in [0.1, 0.15) is 12.4 Å². The predicted octanol–water partition coefficient (Wildman–Crippen LogP) is -0.818. The number of nitrogens with zero attached hydrogens (tertiary/aromatic N) is 2. The van der Waals surface area contributed by atoms with Gasteiger partial charge < -0.3 is 16.2 Å². The molecule has 0 saturated heterocycles. The lowest BCUT2D eigenvalue weighted by molar-refractivity contribution is -0.125. The fourth-order valence-electron chi connectivity index (χ4n) is 0.875. The molecule has 0 aliphatic rings. The van der Waals surface area contributed by atoms with Crippen molar-refractivity contribution in [3.8, 4) is 0 Å². The standard InChI is InChI=1S/C8H11FN4O2/c1-4-6(9)8(13-3-12-4)11-2-5(14)7(10)15/h3,5,14H,2H2,1H3,(H2,10,15)(H,11,12,13). The zero-order valence-corrected chi connectivity index (χ0v) is 8.07. The molecule has 1 amide bonds. The molecule has 0 bridgehead atoms. The van der Waals surface area contributed by atoms with Crippen LogP contribution in [0.2, 0.25) is 0 Å². The van der Waals surface area contributed by atoms with Crippen LogP contribution < -0.4 is 11.1 Å². The molecule has 0 aromatic carbocycles. The summed E-state index contributed by atoms with van der Waals surface area (Å²) in [7, 11) is 0. The minimum atomic E-state index is -1.38. The lowest BCUT2D eigenvalue weighted by Gasteiger charge is -2.09. The number of primary amides is 1. The lowest BCUT2D eigenvalue weighted by Crippen LogP contribution is -2.34. The third-order valence-electron chi connectivity index (χ3n) is 1.76. The average Bonchev–Trinajstić information content (AvgIpc) is 2.19. The number of aliphatic hydroxyl groups is 1. The summed E-state index contributed by atoms with van der Waals surface area (Å²) in [6.07, 6.45) is -0.197. The zero-order chi connectivity index (χ0) is 11.4. The second-order valence-corrected chi connectivity index (χ2v) is 2.92. The van der Waals surface area contributed by atoms with E-state index in [2.05, 4.69) is 15.3 Å². The molecule has 4 N–H and O–H groups in total. The van der Waals surface area contributed by atoms with Crippen molar-refractivity contribution in [2.24, 2.45) is 5.73 Å². The van der Waals surface area contributed by atoms with Crippen LogP contribution in [0.5, 0.6) is 0 Å². The Balaban J connectivity index is 2.66. The first-order chi connectivity index (χ1) is 7.02. The number of aromatic nitrogens is 2. The number of carbonyl (C=O) groups is 1. The van der Waals surface area contributed by atoms with E-state index in [1.807, 2.05) is 0 Å². The zero-order valence-electron chi connectivity index (χ0n) is 8.07. The number of hydrogen-bond acceptors (Lipinski definition) is 5. The molecule has 0 aliphatic heterocycles. The highest BCUT2D eigenvalue weighted by atomic mass is 19.1. The summed E-state index contributed by atoms with van der Waals surface area (Å²) in [5, 5.41) is 11.5. The molecule has 1 aromatic rings. The topological polar surface area (TPSA) is 101 Å². The fraction of sp³-hybridized carbons (Fsp3) is 0.375. The summed E-state index contributed by atoms with van der Waals surface area (Å²) in [6, 6.07) is 0. The molecule has 1 rings (SSSR count). The highest BCUT2D eigenvalue weighted by Crippen LogP contribution is 2.11. The van der Waals surface area contributed by atoms with Crippen LogP contribution in [0.3, 0.4) is 0 Å². The van der Waals surface area contributed by atoms with Crippen molar-refractivity contribution in [2.75, 3.05) is 11.9 Å². The van der Waals surface area contributed by atoms with Gasteiger partial charge in [-0.15, -0.1) is 0 Å². The van der Waals surface area contributed by atoms with Gasteiger partial charge in [0.2, 0.25) is 5.91 Å². The van der Waals surface area contributed by atoms with Crippen molar-refractivity contribution in [3.63, 3.8) is 0 Å². The normalized spacial score (nSPS) is 12.2. The maximum absolute atomic E-state index is 13.3. The summed E-state index contributed by atoms with van der Waals surface area (Å²) < 4.78 is 13.3. The van der Waals surface area contributed by atoms with E-state index in [1.54, 1.807) is 0 Å². The summed E-state index contributed by atoms with van der Waals surface area (Å²) in [4.78, 5) is 17.7. The molecule has 82 valence electrons. The minimum absolute atomic E-state index is 0.0669. The number of halogens is 1. The Morgan fingerprint density at radius 2 is 2.40 bits per heavy atom. The molecule has 1 atom stereocenters. The van der Waals surface area contributed by atoms with Crippen LogP contribution in [-0.2, 0) is 4.79 Å². The number of hydrogen-bond donors (Lipinski definition) is 3. The molecule has 1 unspecified atom stereocenters. The molecule has 1 aromatic heterocycles. The van der Waals surface area contributed by atoms with Gasteiger partial charge in [-0.1, -0.05) is 0 Å². The van der Waals surface area contributed by atoms with Crippen molar-refractivity contribution in [3.05, 3.63) is 17.8 Å². The van der Waals surface area contributed by atoms with E-state index >= 15 is 0 Å². The number of aliphatic hydroxyl groups excluding tert-OH is 1. The first-order valence-corrected chi connectivity index (χ1v) is 4.20. The summed E-state index contributed by atoms with van der Waals surface area (Å²) in [6.45, 7) is 1.29. The van der Waals surface area contributed by atoms with Gasteiger partial charge in [0.05, 0.1) is 12.2 Å². The Labute approximate surface area is 85.3 Å². The SMILES string of the molecule is Cc1ncnc(NCC(O)C(N)=O)c1F. The highest BCUT2D eigenvalue weighted by molar-refractivity contribution is 5.79. The largest absolute Gasteiger partial charge is 0.381 e. The molecule has 1 heterocycles. The monoisotopic (exact) mass is 214 g/mol. The number of nitrogens with two attached hydrogens (primary N) is 1. The van der Waals surface area contributed by atoms with E-state index in [1.165, 1.54) is 13.3 Å². The van der Waals surface area contributed by atoms with E-state index in [0.717, 1.165) is 0 Å². The second-order valence-electron chi connectivity index (χ2n) is 2.92. The van der Waals surface area contributed by atoms with Gasteiger partial charge in [-0.25, -0.2) is 14.4 Å². The molecule has 15 heavy (non-hydrogen) atoms.